The second-order valence-electron chi connectivity index (χ2n) is 7.61. The highest BCUT2D eigenvalue weighted by Gasteiger charge is 2.38. The fourth-order valence-electron chi connectivity index (χ4n) is 4.00. The molecular weight excluding hydrogens is 463 g/mol. The van der Waals surface area contributed by atoms with E-state index in [1.54, 1.807) is 42.5 Å². The SMILES string of the molecule is NC(=O)c1nn(CC(=O)N2C3=CC=CC3=C[C@H]2C(=O)Nc2cccc(Cl)n2)c2ccc(F)cc12. The second-order valence-corrected chi connectivity index (χ2v) is 8.00. The van der Waals surface area contributed by atoms with Crippen LogP contribution in [0.1, 0.15) is 10.5 Å². The molecule has 3 amide bonds. The first-order valence-corrected chi connectivity index (χ1v) is 10.5. The Hall–Kier alpha value is -4.31. The van der Waals surface area contributed by atoms with Gasteiger partial charge in [-0.3, -0.25) is 24.0 Å². The molecule has 9 nitrogen and oxygen atoms in total. The molecule has 0 saturated heterocycles. The van der Waals surface area contributed by atoms with E-state index in [0.717, 1.165) is 11.6 Å². The second kappa shape index (κ2) is 8.23. The Bertz CT molecular complexity index is 1470. The summed E-state index contributed by atoms with van der Waals surface area (Å²) in [4.78, 5) is 43.7. The van der Waals surface area contributed by atoms with E-state index >= 15 is 0 Å². The summed E-state index contributed by atoms with van der Waals surface area (Å²) in [5.41, 5.74) is 6.88. The zero-order chi connectivity index (χ0) is 24.0. The molecule has 1 aliphatic carbocycles. The molecule has 0 bridgehead atoms. The molecule has 3 N–H and O–H groups in total. The summed E-state index contributed by atoms with van der Waals surface area (Å²) in [5.74, 6) is -2.12. The Morgan fingerprint density at radius 1 is 1.21 bits per heavy atom. The van der Waals surface area contributed by atoms with Gasteiger partial charge in [-0.05, 0) is 48.1 Å². The summed E-state index contributed by atoms with van der Waals surface area (Å²) in [6.45, 7) is -0.312. The van der Waals surface area contributed by atoms with Gasteiger partial charge in [0.05, 0.1) is 11.2 Å². The van der Waals surface area contributed by atoms with E-state index in [4.69, 9.17) is 17.3 Å². The lowest BCUT2D eigenvalue weighted by atomic mass is 10.2. The summed E-state index contributed by atoms with van der Waals surface area (Å²) in [5, 5.41) is 7.20. The molecule has 0 unspecified atom stereocenters. The number of pyridine rings is 1. The third-order valence-corrected chi connectivity index (χ3v) is 5.65. The van der Waals surface area contributed by atoms with Crippen molar-refractivity contribution in [3.8, 4) is 0 Å². The van der Waals surface area contributed by atoms with Crippen LogP contribution >= 0.6 is 11.6 Å². The monoisotopic (exact) mass is 478 g/mol. The van der Waals surface area contributed by atoms with E-state index < -0.39 is 29.6 Å². The number of nitrogens with one attached hydrogen (secondary N) is 1. The lowest BCUT2D eigenvalue weighted by Gasteiger charge is -2.25. The number of rotatable bonds is 5. The van der Waals surface area contributed by atoms with Crippen LogP contribution in [0.2, 0.25) is 5.15 Å². The molecule has 1 aromatic carbocycles. The number of aromatic nitrogens is 3. The van der Waals surface area contributed by atoms with Gasteiger partial charge < -0.3 is 11.1 Å². The number of anilines is 1. The van der Waals surface area contributed by atoms with Gasteiger partial charge in [0, 0.05) is 5.39 Å². The smallest absolute Gasteiger partial charge is 0.269 e. The zero-order valence-corrected chi connectivity index (χ0v) is 18.2. The molecule has 0 radical (unpaired) electrons. The van der Waals surface area contributed by atoms with Gasteiger partial charge in [-0.2, -0.15) is 5.10 Å². The van der Waals surface area contributed by atoms with Crippen molar-refractivity contribution in [2.24, 2.45) is 5.73 Å². The molecule has 2 aliphatic rings. The Morgan fingerprint density at radius 2 is 2.03 bits per heavy atom. The lowest BCUT2D eigenvalue weighted by molar-refractivity contribution is -0.134. The van der Waals surface area contributed by atoms with E-state index in [2.05, 4.69) is 15.4 Å². The standard InChI is InChI=1S/C23H16ClFN6O3/c24-18-5-2-6-19(27-18)28-23(34)17-9-12-3-1-4-15(12)31(17)20(32)11-30-16-8-7-13(25)10-14(16)21(29-30)22(26)33/h1-10,17H,11H2,(H2,26,33)(H,27,28,34)/t17-/m0/s1. The molecule has 2 aromatic heterocycles. The third-order valence-electron chi connectivity index (χ3n) is 5.44. The fourth-order valence-corrected chi connectivity index (χ4v) is 4.16. The first-order chi connectivity index (χ1) is 16.3. The van der Waals surface area contributed by atoms with Crippen molar-refractivity contribution >= 4 is 46.0 Å². The number of hydrogen-bond acceptors (Lipinski definition) is 5. The predicted molar refractivity (Wildman–Crippen MR) is 122 cm³/mol. The largest absolute Gasteiger partial charge is 0.364 e. The van der Waals surface area contributed by atoms with Gasteiger partial charge in [0.25, 0.3) is 11.8 Å². The van der Waals surface area contributed by atoms with Crippen molar-refractivity contribution in [1.29, 1.82) is 0 Å². The number of hydrogen-bond donors (Lipinski definition) is 2. The molecule has 170 valence electrons. The van der Waals surface area contributed by atoms with Crippen molar-refractivity contribution in [1.82, 2.24) is 19.7 Å². The molecule has 0 spiro atoms. The summed E-state index contributed by atoms with van der Waals surface area (Å²) in [7, 11) is 0. The Morgan fingerprint density at radius 3 is 2.79 bits per heavy atom. The molecule has 3 heterocycles. The van der Waals surface area contributed by atoms with Gasteiger partial charge in [0.2, 0.25) is 5.91 Å². The molecular formula is C23H16ClFN6O3. The van der Waals surface area contributed by atoms with Gasteiger partial charge in [0.1, 0.15) is 29.4 Å². The van der Waals surface area contributed by atoms with E-state index in [1.165, 1.54) is 21.7 Å². The third kappa shape index (κ3) is 3.73. The maximum atomic E-state index is 13.7. The first-order valence-electron chi connectivity index (χ1n) is 10.1. The normalized spacial score (nSPS) is 16.4. The molecule has 11 heteroatoms. The molecule has 1 aliphatic heterocycles. The van der Waals surface area contributed by atoms with Gasteiger partial charge >= 0.3 is 0 Å². The lowest BCUT2D eigenvalue weighted by Crippen LogP contribution is -2.44. The van der Waals surface area contributed by atoms with E-state index in [9.17, 15) is 18.8 Å². The average Bonchev–Trinajstić information content (AvgIpc) is 3.46. The maximum absolute atomic E-state index is 13.7. The quantitative estimate of drug-likeness (QED) is 0.545. The highest BCUT2D eigenvalue weighted by Crippen LogP contribution is 2.33. The van der Waals surface area contributed by atoms with Crippen molar-refractivity contribution in [2.45, 2.75) is 12.6 Å². The molecule has 3 aromatic rings. The summed E-state index contributed by atoms with van der Waals surface area (Å²) < 4.78 is 15.0. The van der Waals surface area contributed by atoms with Crippen molar-refractivity contribution in [3.05, 3.63) is 88.6 Å². The summed E-state index contributed by atoms with van der Waals surface area (Å²) in [6, 6.07) is 7.59. The molecule has 0 fully saturated rings. The van der Waals surface area contributed by atoms with Crippen LogP contribution in [0.3, 0.4) is 0 Å². The highest BCUT2D eigenvalue weighted by atomic mass is 35.5. The number of primary amides is 1. The molecule has 0 saturated carbocycles. The number of amides is 3. The number of allylic oxidation sites excluding steroid dienone is 3. The van der Waals surface area contributed by atoms with Gasteiger partial charge in [-0.25, -0.2) is 9.37 Å². The molecule has 1 atom stereocenters. The van der Waals surface area contributed by atoms with Crippen molar-refractivity contribution < 1.29 is 18.8 Å². The predicted octanol–water partition coefficient (Wildman–Crippen LogP) is 2.55. The van der Waals surface area contributed by atoms with Crippen molar-refractivity contribution in [2.75, 3.05) is 5.32 Å². The zero-order valence-electron chi connectivity index (χ0n) is 17.4. The van der Waals surface area contributed by atoms with Crippen LogP contribution in [-0.4, -0.2) is 43.4 Å². The van der Waals surface area contributed by atoms with Crippen LogP contribution in [0.4, 0.5) is 10.2 Å². The fraction of sp³-hybridized carbons (Fsp3) is 0.0870. The van der Waals surface area contributed by atoms with Crippen LogP contribution in [0.25, 0.3) is 10.9 Å². The number of benzene rings is 1. The van der Waals surface area contributed by atoms with Crippen LogP contribution in [0.15, 0.2) is 72.0 Å². The minimum atomic E-state index is -0.950. The number of halogens is 2. The summed E-state index contributed by atoms with van der Waals surface area (Å²) in [6.07, 6.45) is 6.95. The highest BCUT2D eigenvalue weighted by molar-refractivity contribution is 6.29. The van der Waals surface area contributed by atoms with Gasteiger partial charge in [-0.1, -0.05) is 29.8 Å². The number of nitrogens with two attached hydrogens (primary N) is 1. The average molecular weight is 479 g/mol. The Labute approximate surface area is 197 Å². The van der Waals surface area contributed by atoms with Crippen LogP contribution in [0.5, 0.6) is 0 Å². The number of fused-ring (bicyclic) bond motifs is 2. The minimum Gasteiger partial charge on any atom is -0.364 e. The number of nitrogens with zero attached hydrogens (tertiary/aromatic N) is 4. The Balaban J connectivity index is 1.45. The minimum absolute atomic E-state index is 0.148. The molecule has 34 heavy (non-hydrogen) atoms. The first kappa shape index (κ1) is 21.5. The van der Waals surface area contributed by atoms with E-state index in [-0.39, 0.29) is 28.6 Å². The topological polar surface area (TPSA) is 123 Å². The van der Waals surface area contributed by atoms with Crippen molar-refractivity contribution in [3.63, 3.8) is 0 Å². The Kier molecular flexibility index (Phi) is 5.21. The number of carbonyl (C=O) groups excluding carboxylic acids is 3. The van der Waals surface area contributed by atoms with Crippen LogP contribution in [-0.2, 0) is 16.1 Å². The maximum Gasteiger partial charge on any atom is 0.269 e. The van der Waals surface area contributed by atoms with E-state index in [0.29, 0.717) is 11.2 Å². The van der Waals surface area contributed by atoms with E-state index in [1.807, 2.05) is 0 Å². The number of carbonyl (C=O) groups is 3. The molecule has 5 rings (SSSR count). The van der Waals surface area contributed by atoms with Gasteiger partial charge in [0.15, 0.2) is 5.69 Å². The van der Waals surface area contributed by atoms with Crippen LogP contribution in [0, 0.1) is 5.82 Å². The summed E-state index contributed by atoms with van der Waals surface area (Å²) >= 11 is 5.89. The van der Waals surface area contributed by atoms with Crippen LogP contribution < -0.4 is 11.1 Å². The van der Waals surface area contributed by atoms with Gasteiger partial charge in [-0.15, -0.1) is 0 Å².